The van der Waals surface area contributed by atoms with Gasteiger partial charge in [-0.25, -0.2) is 46.1 Å². The molecule has 0 radical (unpaired) electrons. The van der Waals surface area contributed by atoms with Crippen LogP contribution in [0, 0.1) is 12.7 Å². The second kappa shape index (κ2) is 38.0. The van der Waals surface area contributed by atoms with Crippen LogP contribution in [0.4, 0.5) is 4.39 Å². The van der Waals surface area contributed by atoms with E-state index in [0.717, 1.165) is 94.2 Å². The molecule has 110 heavy (non-hydrogen) atoms. The lowest BCUT2D eigenvalue weighted by atomic mass is 9.98. The molecule has 3 aliphatic heterocycles. The largest absolute Gasteiger partial charge is 0.507 e. The summed E-state index contributed by atoms with van der Waals surface area (Å²) in [5.41, 5.74) is 15.8. The summed E-state index contributed by atoms with van der Waals surface area (Å²) in [6, 6.07) is 62.8. The summed E-state index contributed by atoms with van der Waals surface area (Å²) in [5.74, 6) is -1.28. The summed E-state index contributed by atoms with van der Waals surface area (Å²) in [7, 11) is -12.2. The van der Waals surface area contributed by atoms with E-state index in [1.54, 1.807) is 48.5 Å². The van der Waals surface area contributed by atoms with Gasteiger partial charge in [-0.1, -0.05) is 134 Å². The fourth-order valence-corrected chi connectivity index (χ4v) is 19.4. The molecule has 0 atom stereocenters. The standard InChI is InChI=1S/C29H31NO6S.C28H30FNO6S.C27H29NO7S/c1-2-22-8-10-24(11-9-22)25-7-3-5-23(21-25)6-4-18-36-26-12-14-27(15-13-26)37(33,34)29(28(31)30-32)16-19-35-20-17-29;1-20-16-23(19-24(29)17-20)22-6-2-4-21(18-22)5-3-13-36-25-7-9-26(10-8-25)37(33,34)28(27(31)30-32)11-14-35-15-12-28;29-25-9-2-1-8-24(25)21-7-3-5-20(19-21)6-4-16-35-22-10-12-23(13-11-22)36(32,33)27(26(30)28-31)14-17-34-18-15-27/h2-3,5,7-15,21,32H,1,4,6,16-20H2,(H,30,31);2,4,6-10,16-19,32H,3,5,11-15H2,1H3,(H,30,31);1-3,5,7-13,19,29,31H,4,6,14-18H2,(H,28,30). The SMILES string of the molecule is C=Cc1ccc(-c2cccc(CCCOc3ccc(S(=O)(=O)C4(C(=O)NO)CCOCC4)cc3)c2)cc1.Cc1cc(F)cc(-c2cccc(CCCOc3ccc(S(=O)(=O)C4(C(=O)NO)CCOCC4)cc3)c2)c1.O=C(NO)C1(S(=O)(=O)c2ccc(OCCCc3cccc(-c4ccccc4O)c3)cc2)CCOCC1. The number of nitrogens with one attached hydrogen (secondary N) is 3. The van der Waals surface area contributed by atoms with E-state index < -0.39 is 61.5 Å². The Bertz CT molecular complexity index is 4950. The van der Waals surface area contributed by atoms with Gasteiger partial charge < -0.3 is 33.5 Å². The second-order valence-corrected chi connectivity index (χ2v) is 33.7. The van der Waals surface area contributed by atoms with Crippen molar-refractivity contribution in [1.82, 2.24) is 16.4 Å². The minimum absolute atomic E-state index is 0.00304. The summed E-state index contributed by atoms with van der Waals surface area (Å²) in [5, 5.41) is 37.6. The predicted octanol–water partition coefficient (Wildman–Crippen LogP) is 13.4. The molecule has 7 N–H and O–H groups in total. The Hall–Kier alpha value is -10.1. The molecule has 22 nitrogen and oxygen atoms in total. The van der Waals surface area contributed by atoms with E-state index in [1.807, 2.05) is 97.9 Å². The first-order valence-electron chi connectivity index (χ1n) is 36.1. The first-order chi connectivity index (χ1) is 53.0. The number of hydroxylamine groups is 3. The highest BCUT2D eigenvalue weighted by atomic mass is 32.2. The summed E-state index contributed by atoms with van der Waals surface area (Å²) in [6.07, 6.45) is 6.24. The van der Waals surface area contributed by atoms with Crippen LogP contribution in [-0.2, 0) is 77.4 Å². The van der Waals surface area contributed by atoms with E-state index in [4.69, 9.17) is 38.8 Å². The van der Waals surface area contributed by atoms with Crippen molar-refractivity contribution in [1.29, 1.82) is 0 Å². The maximum Gasteiger partial charge on any atom is 0.265 e. The lowest BCUT2D eigenvalue weighted by Crippen LogP contribution is -2.54. The van der Waals surface area contributed by atoms with Gasteiger partial charge in [-0.2, -0.15) is 0 Å². The normalized spacial score (nSPS) is 15.2. The van der Waals surface area contributed by atoms with Crippen LogP contribution in [-0.4, -0.2) is 137 Å². The topological polar surface area (TPSA) is 326 Å². The highest BCUT2D eigenvalue weighted by Gasteiger charge is 2.55. The summed E-state index contributed by atoms with van der Waals surface area (Å²) < 4.78 is 122. The fraction of sp³-hybridized carbons (Fsp3) is 0.298. The van der Waals surface area contributed by atoms with Gasteiger partial charge in [0.2, 0.25) is 0 Å². The quantitative estimate of drug-likeness (QED) is 0.0136. The monoisotopic (exact) mass is 1560 g/mol. The van der Waals surface area contributed by atoms with Crippen molar-refractivity contribution in [2.45, 2.75) is 113 Å². The Balaban J connectivity index is 0.000000176. The number of rotatable bonds is 28. The number of aryl methyl sites for hydroxylation is 4. The third-order valence-corrected chi connectivity index (χ3v) is 27.4. The van der Waals surface area contributed by atoms with Gasteiger partial charge in [0.1, 0.15) is 28.8 Å². The number of hydrogen-bond acceptors (Lipinski definition) is 19. The van der Waals surface area contributed by atoms with Crippen molar-refractivity contribution >= 4 is 53.3 Å². The molecule has 9 aromatic carbocycles. The van der Waals surface area contributed by atoms with Gasteiger partial charge in [0.15, 0.2) is 43.8 Å². The number of hydrogen-bond donors (Lipinski definition) is 7. The van der Waals surface area contributed by atoms with E-state index >= 15 is 0 Å². The Kier molecular flexibility index (Phi) is 28.5. The smallest absolute Gasteiger partial charge is 0.265 e. The van der Waals surface area contributed by atoms with Crippen LogP contribution in [0.15, 0.2) is 234 Å². The number of aromatic hydroxyl groups is 1. The molecular formula is C84H90FN3O19S3. The molecule has 0 aliphatic carbocycles. The van der Waals surface area contributed by atoms with E-state index in [1.165, 1.54) is 70.5 Å². The zero-order valence-electron chi connectivity index (χ0n) is 60.9. The number of para-hydroxylation sites is 1. The molecule has 26 heteroatoms. The summed E-state index contributed by atoms with van der Waals surface area (Å²) in [4.78, 5) is 37.1. The number of carbonyl (C=O) groups excluding carboxylic acids is 3. The van der Waals surface area contributed by atoms with Crippen LogP contribution in [0.2, 0.25) is 0 Å². The van der Waals surface area contributed by atoms with E-state index in [9.17, 15) is 54.3 Å². The summed E-state index contributed by atoms with van der Waals surface area (Å²) in [6.45, 7) is 7.68. The maximum absolute atomic E-state index is 13.8. The molecule has 3 saturated heterocycles. The molecule has 0 unspecified atom stereocenters. The molecule has 3 aliphatic rings. The van der Waals surface area contributed by atoms with Gasteiger partial charge in [-0.15, -0.1) is 0 Å². The third kappa shape index (κ3) is 19.5. The predicted molar refractivity (Wildman–Crippen MR) is 413 cm³/mol. The molecule has 0 spiro atoms. The average Bonchev–Trinajstić information content (AvgIpc) is 0.758. The number of phenols is 1. The molecule has 3 heterocycles. The van der Waals surface area contributed by atoms with Crippen molar-refractivity contribution in [2.24, 2.45) is 0 Å². The van der Waals surface area contributed by atoms with Crippen molar-refractivity contribution in [3.63, 3.8) is 0 Å². The molecule has 0 aromatic heterocycles. The van der Waals surface area contributed by atoms with Crippen LogP contribution < -0.4 is 30.7 Å². The van der Waals surface area contributed by atoms with Gasteiger partial charge in [-0.3, -0.25) is 30.0 Å². The van der Waals surface area contributed by atoms with Crippen LogP contribution >= 0.6 is 0 Å². The number of ether oxygens (including phenoxy) is 6. The van der Waals surface area contributed by atoms with Crippen molar-refractivity contribution in [2.75, 3.05) is 59.5 Å². The maximum atomic E-state index is 13.8. The number of halogens is 1. The molecule has 3 amide bonds. The highest BCUT2D eigenvalue weighted by molar-refractivity contribution is 7.94. The highest BCUT2D eigenvalue weighted by Crippen LogP contribution is 2.40. The lowest BCUT2D eigenvalue weighted by molar-refractivity contribution is -0.135. The number of benzene rings is 9. The van der Waals surface area contributed by atoms with Crippen molar-refractivity contribution in [3.05, 3.63) is 253 Å². The van der Waals surface area contributed by atoms with Gasteiger partial charge in [-0.05, 0) is 231 Å². The minimum atomic E-state index is -4.08. The molecule has 580 valence electrons. The van der Waals surface area contributed by atoms with E-state index in [0.29, 0.717) is 37.1 Å². The van der Waals surface area contributed by atoms with Crippen LogP contribution in [0.1, 0.15) is 85.6 Å². The van der Waals surface area contributed by atoms with Gasteiger partial charge >= 0.3 is 0 Å². The van der Waals surface area contributed by atoms with Crippen molar-refractivity contribution < 1.29 is 93.2 Å². The second-order valence-electron chi connectivity index (χ2n) is 26.9. The Morgan fingerprint density at radius 1 is 0.427 bits per heavy atom. The summed E-state index contributed by atoms with van der Waals surface area (Å²) >= 11 is 0. The molecule has 9 aromatic rings. The van der Waals surface area contributed by atoms with E-state index in [-0.39, 0.29) is 104 Å². The first kappa shape index (κ1) is 82.4. The van der Waals surface area contributed by atoms with Crippen molar-refractivity contribution in [3.8, 4) is 56.4 Å². The first-order valence-corrected chi connectivity index (χ1v) is 40.5. The molecule has 0 bridgehead atoms. The average molecular weight is 1560 g/mol. The zero-order chi connectivity index (χ0) is 78.4. The van der Waals surface area contributed by atoms with Crippen LogP contribution in [0.5, 0.6) is 23.0 Å². The van der Waals surface area contributed by atoms with Gasteiger partial charge in [0, 0.05) is 45.2 Å². The third-order valence-electron chi connectivity index (χ3n) is 19.9. The Morgan fingerprint density at radius 3 is 1.12 bits per heavy atom. The molecular weight excluding hydrogens is 1470 g/mol. The van der Waals surface area contributed by atoms with E-state index in [2.05, 4.69) is 36.9 Å². The van der Waals surface area contributed by atoms with Crippen LogP contribution in [0.3, 0.4) is 0 Å². The number of carbonyl (C=O) groups is 3. The minimum Gasteiger partial charge on any atom is -0.507 e. The molecule has 0 saturated carbocycles. The molecule has 12 rings (SSSR count). The Labute approximate surface area is 640 Å². The lowest BCUT2D eigenvalue weighted by Gasteiger charge is -2.34. The number of amides is 3. The van der Waals surface area contributed by atoms with Crippen LogP contribution in [0.25, 0.3) is 39.5 Å². The Morgan fingerprint density at radius 2 is 0.773 bits per heavy atom. The zero-order valence-corrected chi connectivity index (χ0v) is 63.3. The van der Waals surface area contributed by atoms with Gasteiger partial charge in [0.25, 0.3) is 17.7 Å². The number of phenolic OH excluding ortho intramolecular Hbond substituents is 1. The number of sulfone groups is 3. The fourth-order valence-electron chi connectivity index (χ4n) is 13.6. The molecule has 3 fully saturated rings. The van der Waals surface area contributed by atoms with Gasteiger partial charge in [0.05, 0.1) is 34.5 Å².